The minimum Gasteiger partial charge on any atom is -0.305 e. The van der Waals surface area contributed by atoms with E-state index in [9.17, 15) is 0 Å². The molecule has 0 saturated carbocycles. The van der Waals surface area contributed by atoms with Crippen LogP contribution in [0.25, 0.3) is 0 Å². The van der Waals surface area contributed by atoms with E-state index in [1.54, 1.807) is 0 Å². The first-order chi connectivity index (χ1) is 7.08. The van der Waals surface area contributed by atoms with E-state index in [1.807, 2.05) is 7.05 Å². The second-order valence-corrected chi connectivity index (χ2v) is 4.70. The van der Waals surface area contributed by atoms with Crippen molar-refractivity contribution in [3.63, 3.8) is 0 Å². The fraction of sp³-hybridized carbons (Fsp3) is 0.909. The molecular formula is C11H22N4. The third-order valence-electron chi connectivity index (χ3n) is 3.26. The molecule has 0 radical (unpaired) electrons. The Kier molecular flexibility index (Phi) is 4.52. The normalized spacial score (nSPS) is 29.3. The predicted octanol–water partition coefficient (Wildman–Crippen LogP) is -0.0201. The maximum Gasteiger partial charge on any atom is 0.108 e. The quantitative estimate of drug-likeness (QED) is 0.708. The van der Waals surface area contributed by atoms with Gasteiger partial charge in [-0.2, -0.15) is 5.26 Å². The zero-order chi connectivity index (χ0) is 11.4. The number of likely N-dealkylation sites (tertiary alicyclic amines) is 1. The van der Waals surface area contributed by atoms with Crippen LogP contribution in [0, 0.1) is 17.2 Å². The maximum atomic E-state index is 8.88. The lowest BCUT2D eigenvalue weighted by molar-refractivity contribution is 0.249. The Balaban J connectivity index is 2.45. The molecule has 1 fully saturated rings. The lowest BCUT2D eigenvalue weighted by Crippen LogP contribution is -2.39. The van der Waals surface area contributed by atoms with Gasteiger partial charge in [-0.15, -0.1) is 0 Å². The average Bonchev–Trinajstić information content (AvgIpc) is 2.56. The van der Waals surface area contributed by atoms with Gasteiger partial charge >= 0.3 is 0 Å². The largest absolute Gasteiger partial charge is 0.305 e. The van der Waals surface area contributed by atoms with Crippen LogP contribution in [-0.2, 0) is 0 Å². The van der Waals surface area contributed by atoms with E-state index in [0.29, 0.717) is 12.0 Å². The molecule has 15 heavy (non-hydrogen) atoms. The summed E-state index contributed by atoms with van der Waals surface area (Å²) in [4.78, 5) is 4.66. The first-order valence-corrected chi connectivity index (χ1v) is 5.54. The summed E-state index contributed by atoms with van der Waals surface area (Å²) in [5.74, 6) is 0.691. The summed E-state index contributed by atoms with van der Waals surface area (Å²) in [6.45, 7) is 5.30. The Morgan fingerprint density at radius 1 is 1.53 bits per heavy atom. The molecule has 3 atom stereocenters. The third kappa shape index (κ3) is 3.16. The smallest absolute Gasteiger partial charge is 0.108 e. The van der Waals surface area contributed by atoms with E-state index in [-0.39, 0.29) is 6.04 Å². The van der Waals surface area contributed by atoms with E-state index in [0.717, 1.165) is 19.6 Å². The van der Waals surface area contributed by atoms with Gasteiger partial charge in [0, 0.05) is 25.7 Å². The SMILES string of the molecule is CNC(C#N)CN1CC(C)C(N(C)C)C1. The van der Waals surface area contributed by atoms with E-state index < -0.39 is 0 Å². The molecule has 1 aliphatic rings. The number of hydrogen-bond donors (Lipinski definition) is 1. The summed E-state index contributed by atoms with van der Waals surface area (Å²) in [5.41, 5.74) is 0. The lowest BCUT2D eigenvalue weighted by Gasteiger charge is -2.23. The second kappa shape index (κ2) is 5.45. The van der Waals surface area contributed by atoms with Crippen molar-refractivity contribution in [3.8, 4) is 6.07 Å². The topological polar surface area (TPSA) is 42.3 Å². The molecule has 86 valence electrons. The standard InChI is InChI=1S/C11H22N4/c1-9-6-15(7-10(5-12)13-2)8-11(9)14(3)4/h9-11,13H,6-8H2,1-4H3. The molecule has 1 N–H and O–H groups in total. The fourth-order valence-electron chi connectivity index (χ4n) is 2.32. The highest BCUT2D eigenvalue weighted by atomic mass is 15.2. The van der Waals surface area contributed by atoms with Gasteiger partial charge in [0.05, 0.1) is 6.07 Å². The molecule has 1 aliphatic heterocycles. The Morgan fingerprint density at radius 3 is 2.60 bits per heavy atom. The van der Waals surface area contributed by atoms with Crippen LogP contribution in [0.2, 0.25) is 0 Å². The van der Waals surface area contributed by atoms with Crippen molar-refractivity contribution in [2.75, 3.05) is 40.8 Å². The number of likely N-dealkylation sites (N-methyl/N-ethyl adjacent to an activating group) is 2. The van der Waals surface area contributed by atoms with Gasteiger partial charge < -0.3 is 10.2 Å². The van der Waals surface area contributed by atoms with E-state index in [1.165, 1.54) is 0 Å². The Morgan fingerprint density at radius 2 is 2.20 bits per heavy atom. The van der Waals surface area contributed by atoms with Crippen molar-refractivity contribution in [1.82, 2.24) is 15.1 Å². The van der Waals surface area contributed by atoms with Crippen molar-refractivity contribution < 1.29 is 0 Å². The van der Waals surface area contributed by atoms with Crippen LogP contribution >= 0.6 is 0 Å². The van der Waals surface area contributed by atoms with Crippen LogP contribution in [0.4, 0.5) is 0 Å². The van der Waals surface area contributed by atoms with Gasteiger partial charge in [-0.25, -0.2) is 0 Å². The van der Waals surface area contributed by atoms with Crippen LogP contribution in [0.5, 0.6) is 0 Å². The molecule has 1 heterocycles. The second-order valence-electron chi connectivity index (χ2n) is 4.70. The summed E-state index contributed by atoms with van der Waals surface area (Å²) >= 11 is 0. The number of hydrogen-bond acceptors (Lipinski definition) is 4. The molecule has 0 aromatic heterocycles. The molecule has 0 amide bonds. The van der Waals surface area contributed by atoms with Crippen molar-refractivity contribution in [1.29, 1.82) is 5.26 Å². The molecule has 0 spiro atoms. The number of nitriles is 1. The number of nitrogens with zero attached hydrogens (tertiary/aromatic N) is 3. The van der Waals surface area contributed by atoms with Crippen LogP contribution in [-0.4, -0.2) is 62.7 Å². The van der Waals surface area contributed by atoms with Gasteiger partial charge in [0.2, 0.25) is 0 Å². The first-order valence-electron chi connectivity index (χ1n) is 5.54. The summed E-state index contributed by atoms with van der Waals surface area (Å²) in [5, 5.41) is 11.9. The Hall–Kier alpha value is -0.630. The Labute approximate surface area is 92.8 Å². The van der Waals surface area contributed by atoms with E-state index in [2.05, 4.69) is 42.2 Å². The Bertz CT molecular complexity index is 233. The average molecular weight is 210 g/mol. The highest BCUT2D eigenvalue weighted by Gasteiger charge is 2.31. The maximum absolute atomic E-state index is 8.88. The number of rotatable bonds is 4. The summed E-state index contributed by atoms with van der Waals surface area (Å²) in [6, 6.07) is 2.85. The van der Waals surface area contributed by atoms with Gasteiger partial charge in [-0.3, -0.25) is 4.90 Å². The van der Waals surface area contributed by atoms with Crippen molar-refractivity contribution >= 4 is 0 Å². The zero-order valence-corrected chi connectivity index (χ0v) is 10.2. The van der Waals surface area contributed by atoms with Crippen molar-refractivity contribution in [2.24, 2.45) is 5.92 Å². The molecule has 3 unspecified atom stereocenters. The van der Waals surface area contributed by atoms with Crippen LogP contribution < -0.4 is 5.32 Å². The molecule has 0 aromatic carbocycles. The molecular weight excluding hydrogens is 188 g/mol. The van der Waals surface area contributed by atoms with Gasteiger partial charge in [-0.1, -0.05) is 6.92 Å². The highest BCUT2D eigenvalue weighted by Crippen LogP contribution is 2.19. The van der Waals surface area contributed by atoms with Gasteiger partial charge in [-0.05, 0) is 27.1 Å². The summed E-state index contributed by atoms with van der Waals surface area (Å²) < 4.78 is 0. The minimum absolute atomic E-state index is 0.0434. The zero-order valence-electron chi connectivity index (χ0n) is 10.2. The van der Waals surface area contributed by atoms with E-state index in [4.69, 9.17) is 5.26 Å². The van der Waals surface area contributed by atoms with Gasteiger partial charge in [0.15, 0.2) is 0 Å². The van der Waals surface area contributed by atoms with Crippen LogP contribution in [0.3, 0.4) is 0 Å². The van der Waals surface area contributed by atoms with Crippen molar-refractivity contribution in [3.05, 3.63) is 0 Å². The molecule has 0 aliphatic carbocycles. The predicted molar refractivity (Wildman–Crippen MR) is 61.5 cm³/mol. The lowest BCUT2D eigenvalue weighted by atomic mass is 10.1. The minimum atomic E-state index is -0.0434. The molecule has 0 aromatic rings. The molecule has 4 heteroatoms. The summed E-state index contributed by atoms with van der Waals surface area (Å²) in [6.07, 6.45) is 0. The molecule has 1 saturated heterocycles. The molecule has 1 rings (SSSR count). The summed E-state index contributed by atoms with van der Waals surface area (Å²) in [7, 11) is 6.10. The van der Waals surface area contributed by atoms with Gasteiger partial charge in [0.25, 0.3) is 0 Å². The molecule has 0 bridgehead atoms. The fourth-order valence-corrected chi connectivity index (χ4v) is 2.32. The van der Waals surface area contributed by atoms with E-state index >= 15 is 0 Å². The molecule has 4 nitrogen and oxygen atoms in total. The van der Waals surface area contributed by atoms with Crippen LogP contribution in [0.1, 0.15) is 6.92 Å². The van der Waals surface area contributed by atoms with Crippen LogP contribution in [0.15, 0.2) is 0 Å². The first kappa shape index (κ1) is 12.4. The monoisotopic (exact) mass is 210 g/mol. The highest BCUT2D eigenvalue weighted by molar-refractivity contribution is 4.95. The number of nitrogens with one attached hydrogen (secondary N) is 1. The van der Waals surface area contributed by atoms with Gasteiger partial charge in [0.1, 0.15) is 6.04 Å². The third-order valence-corrected chi connectivity index (χ3v) is 3.26. The van der Waals surface area contributed by atoms with Crippen molar-refractivity contribution in [2.45, 2.75) is 19.0 Å².